The van der Waals surface area contributed by atoms with Gasteiger partial charge in [-0.2, -0.15) is 0 Å². The van der Waals surface area contributed by atoms with Crippen LogP contribution in [0.25, 0.3) is 10.8 Å². The zero-order chi connectivity index (χ0) is 24.6. The van der Waals surface area contributed by atoms with Crippen LogP contribution in [0.15, 0.2) is 66.9 Å². The highest BCUT2D eigenvalue weighted by atomic mass is 35.5. The van der Waals surface area contributed by atoms with Gasteiger partial charge in [0.05, 0.1) is 17.8 Å². The summed E-state index contributed by atoms with van der Waals surface area (Å²) < 4.78 is 34.5. The van der Waals surface area contributed by atoms with Gasteiger partial charge in [0.2, 0.25) is 0 Å². The van der Waals surface area contributed by atoms with Crippen molar-refractivity contribution in [2.75, 3.05) is 6.61 Å². The number of pyridine rings is 1. The topological polar surface area (TPSA) is 22.1 Å². The van der Waals surface area contributed by atoms with Crippen LogP contribution in [0.3, 0.4) is 0 Å². The van der Waals surface area contributed by atoms with Crippen LogP contribution in [-0.2, 0) is 25.7 Å². The second-order valence-electron chi connectivity index (χ2n) is 8.88. The summed E-state index contributed by atoms with van der Waals surface area (Å²) in [6, 6.07) is 18.4. The standard InChI is InChI=1S/C30H30ClF2NO/c1-2-3-4-17-35-26-14-13-25(34-20-26)12-6-21-7-15-27-24(18-21)11-10-23(30(27)33)9-5-22-8-16-28(31)29(32)19-22/h7-8,10-11,13-16,18-20H,2-6,9,12,17H2,1H3. The fourth-order valence-electron chi connectivity index (χ4n) is 4.17. The van der Waals surface area contributed by atoms with E-state index >= 15 is 4.39 Å². The van der Waals surface area contributed by atoms with Crippen LogP contribution in [0.4, 0.5) is 8.78 Å². The van der Waals surface area contributed by atoms with E-state index in [9.17, 15) is 4.39 Å². The van der Waals surface area contributed by atoms with Crippen LogP contribution < -0.4 is 4.74 Å². The van der Waals surface area contributed by atoms with Crippen molar-refractivity contribution in [2.45, 2.75) is 51.9 Å². The molecule has 3 aromatic carbocycles. The Labute approximate surface area is 210 Å². The van der Waals surface area contributed by atoms with E-state index in [0.717, 1.165) is 53.8 Å². The predicted molar refractivity (Wildman–Crippen MR) is 139 cm³/mol. The highest BCUT2D eigenvalue weighted by Gasteiger charge is 2.10. The van der Waals surface area contributed by atoms with E-state index in [-0.39, 0.29) is 10.8 Å². The molecule has 0 spiro atoms. The number of hydrogen-bond acceptors (Lipinski definition) is 2. The van der Waals surface area contributed by atoms with Gasteiger partial charge < -0.3 is 4.74 Å². The van der Waals surface area contributed by atoms with Crippen molar-refractivity contribution in [1.29, 1.82) is 0 Å². The van der Waals surface area contributed by atoms with Gasteiger partial charge in [0.25, 0.3) is 0 Å². The van der Waals surface area contributed by atoms with Crippen LogP contribution in [0.5, 0.6) is 5.75 Å². The van der Waals surface area contributed by atoms with Crippen molar-refractivity contribution >= 4 is 22.4 Å². The molecule has 1 heterocycles. The number of ether oxygens (including phenoxy) is 1. The lowest BCUT2D eigenvalue weighted by Crippen LogP contribution is -1.99. The Morgan fingerprint density at radius 1 is 0.829 bits per heavy atom. The smallest absolute Gasteiger partial charge is 0.142 e. The van der Waals surface area contributed by atoms with Crippen LogP contribution in [0, 0.1) is 11.6 Å². The third-order valence-electron chi connectivity index (χ3n) is 6.25. The SMILES string of the molecule is CCCCCOc1ccc(CCc2ccc3c(F)c(CCc4ccc(Cl)c(F)c4)ccc3c2)nc1. The van der Waals surface area contributed by atoms with E-state index in [0.29, 0.717) is 23.8 Å². The summed E-state index contributed by atoms with van der Waals surface area (Å²) in [6.45, 7) is 2.90. The summed E-state index contributed by atoms with van der Waals surface area (Å²) >= 11 is 5.75. The van der Waals surface area contributed by atoms with Crippen molar-refractivity contribution in [1.82, 2.24) is 4.98 Å². The number of halogens is 3. The van der Waals surface area contributed by atoms with Gasteiger partial charge in [0.1, 0.15) is 17.4 Å². The minimum atomic E-state index is -0.447. The quantitative estimate of drug-likeness (QED) is 0.196. The zero-order valence-electron chi connectivity index (χ0n) is 20.0. The van der Waals surface area contributed by atoms with Crippen LogP contribution in [0.1, 0.15) is 48.6 Å². The molecule has 0 saturated carbocycles. The van der Waals surface area contributed by atoms with Crippen molar-refractivity contribution in [3.8, 4) is 5.75 Å². The lowest BCUT2D eigenvalue weighted by atomic mass is 9.98. The maximum absolute atomic E-state index is 15.2. The molecular weight excluding hydrogens is 464 g/mol. The largest absolute Gasteiger partial charge is 0.492 e. The summed E-state index contributed by atoms with van der Waals surface area (Å²) in [6.07, 6.45) is 7.87. The molecule has 0 aliphatic rings. The molecule has 4 aromatic rings. The first kappa shape index (κ1) is 25.1. The molecule has 0 saturated heterocycles. The number of nitrogens with zero attached hydrogens (tertiary/aromatic N) is 1. The molecule has 0 aliphatic heterocycles. The van der Waals surface area contributed by atoms with Crippen LogP contribution in [0.2, 0.25) is 5.02 Å². The molecule has 182 valence electrons. The van der Waals surface area contributed by atoms with E-state index in [1.165, 1.54) is 25.0 Å². The molecule has 2 nitrogen and oxygen atoms in total. The van der Waals surface area contributed by atoms with Gasteiger partial charge in [-0.05, 0) is 78.4 Å². The Bertz CT molecular complexity index is 1270. The number of hydrogen-bond donors (Lipinski definition) is 0. The van der Waals surface area contributed by atoms with E-state index in [4.69, 9.17) is 16.3 Å². The minimum Gasteiger partial charge on any atom is -0.492 e. The summed E-state index contributed by atoms with van der Waals surface area (Å²) in [4.78, 5) is 4.52. The second-order valence-corrected chi connectivity index (χ2v) is 9.29. The number of fused-ring (bicyclic) bond motifs is 1. The number of aryl methyl sites for hydroxylation is 4. The van der Waals surface area contributed by atoms with Crippen molar-refractivity contribution in [3.63, 3.8) is 0 Å². The third-order valence-corrected chi connectivity index (χ3v) is 6.56. The molecule has 0 atom stereocenters. The highest BCUT2D eigenvalue weighted by Crippen LogP contribution is 2.25. The lowest BCUT2D eigenvalue weighted by Gasteiger charge is -2.10. The molecule has 0 aliphatic carbocycles. The molecule has 0 N–H and O–H groups in total. The zero-order valence-corrected chi connectivity index (χ0v) is 20.8. The maximum Gasteiger partial charge on any atom is 0.142 e. The van der Waals surface area contributed by atoms with Crippen LogP contribution in [-0.4, -0.2) is 11.6 Å². The van der Waals surface area contributed by atoms with E-state index in [1.807, 2.05) is 42.5 Å². The number of rotatable bonds is 11. The van der Waals surface area contributed by atoms with Gasteiger partial charge in [-0.15, -0.1) is 0 Å². The monoisotopic (exact) mass is 493 g/mol. The molecule has 0 unspecified atom stereocenters. The first-order chi connectivity index (χ1) is 17.0. The first-order valence-corrected chi connectivity index (χ1v) is 12.6. The van der Waals surface area contributed by atoms with Gasteiger partial charge >= 0.3 is 0 Å². The average Bonchev–Trinajstić information content (AvgIpc) is 2.87. The average molecular weight is 494 g/mol. The predicted octanol–water partition coefficient (Wildman–Crippen LogP) is 8.31. The molecule has 4 rings (SSSR count). The number of unbranched alkanes of at least 4 members (excludes halogenated alkanes) is 2. The Balaban J connectivity index is 1.35. The lowest BCUT2D eigenvalue weighted by molar-refractivity contribution is 0.305. The number of aromatic nitrogens is 1. The van der Waals surface area contributed by atoms with Crippen molar-refractivity contribution in [2.24, 2.45) is 0 Å². The molecular formula is C30H30ClF2NO. The molecule has 0 bridgehead atoms. The molecule has 5 heteroatoms. The second kappa shape index (κ2) is 12.1. The van der Waals surface area contributed by atoms with Crippen molar-refractivity contribution in [3.05, 3.63) is 106 Å². The summed E-state index contributed by atoms with van der Waals surface area (Å²) in [5.74, 6) is 0.153. The van der Waals surface area contributed by atoms with Gasteiger partial charge in [-0.1, -0.05) is 67.8 Å². The Hall–Kier alpha value is -2.98. The Morgan fingerprint density at radius 3 is 2.40 bits per heavy atom. The van der Waals surface area contributed by atoms with Gasteiger partial charge in [-0.25, -0.2) is 8.78 Å². The first-order valence-electron chi connectivity index (χ1n) is 12.2. The Kier molecular flexibility index (Phi) is 8.70. The summed E-state index contributed by atoms with van der Waals surface area (Å²) in [5.41, 5.74) is 3.57. The van der Waals surface area contributed by atoms with Crippen LogP contribution >= 0.6 is 11.6 Å². The third kappa shape index (κ3) is 6.79. The van der Waals surface area contributed by atoms with E-state index in [2.05, 4.69) is 11.9 Å². The van der Waals surface area contributed by atoms with E-state index < -0.39 is 5.82 Å². The fourth-order valence-corrected chi connectivity index (χ4v) is 4.29. The summed E-state index contributed by atoms with van der Waals surface area (Å²) in [7, 11) is 0. The van der Waals surface area contributed by atoms with Gasteiger partial charge in [0.15, 0.2) is 0 Å². The fraction of sp³-hybridized carbons (Fsp3) is 0.300. The van der Waals surface area contributed by atoms with Crippen molar-refractivity contribution < 1.29 is 13.5 Å². The molecule has 0 fully saturated rings. The summed E-state index contributed by atoms with van der Waals surface area (Å²) in [5, 5.41) is 1.59. The Morgan fingerprint density at radius 2 is 1.63 bits per heavy atom. The molecule has 0 amide bonds. The highest BCUT2D eigenvalue weighted by molar-refractivity contribution is 6.30. The minimum absolute atomic E-state index is 0.0982. The normalized spacial score (nSPS) is 11.2. The molecule has 35 heavy (non-hydrogen) atoms. The number of benzene rings is 3. The molecule has 1 aromatic heterocycles. The van der Waals surface area contributed by atoms with Gasteiger partial charge in [-0.3, -0.25) is 4.98 Å². The van der Waals surface area contributed by atoms with Gasteiger partial charge in [0, 0.05) is 11.1 Å². The maximum atomic E-state index is 15.2. The molecule has 0 radical (unpaired) electrons. The van der Waals surface area contributed by atoms with E-state index in [1.54, 1.807) is 12.3 Å².